The molecule has 0 spiro atoms. The van der Waals surface area contributed by atoms with Gasteiger partial charge in [0.1, 0.15) is 6.07 Å². The Morgan fingerprint density at radius 3 is 1.20 bits per heavy atom. The van der Waals surface area contributed by atoms with Crippen molar-refractivity contribution >= 4 is 43.6 Å². The van der Waals surface area contributed by atoms with Crippen LogP contribution in [-0.4, -0.2) is 9.13 Å². The van der Waals surface area contributed by atoms with Crippen LogP contribution in [0.25, 0.3) is 88.4 Å². The molecule has 7 heteroatoms. The van der Waals surface area contributed by atoms with Crippen molar-refractivity contribution < 1.29 is 0 Å². The normalized spacial score (nSPS) is 10.9. The molecule has 0 aliphatic heterocycles. The van der Waals surface area contributed by atoms with E-state index in [0.29, 0.717) is 39.1 Å². The van der Waals surface area contributed by atoms with Gasteiger partial charge in [-0.2, -0.15) is 26.3 Å². The first-order valence-corrected chi connectivity index (χ1v) is 19.1. The summed E-state index contributed by atoms with van der Waals surface area (Å²) >= 11 is 0. The Labute approximate surface area is 344 Å². The first kappa shape index (κ1) is 35.2. The van der Waals surface area contributed by atoms with Crippen LogP contribution < -0.4 is 0 Å². The van der Waals surface area contributed by atoms with Gasteiger partial charge in [-0.3, -0.25) is 0 Å². The van der Waals surface area contributed by atoms with Crippen LogP contribution in [0.5, 0.6) is 0 Å². The molecule has 0 N–H and O–H groups in total. The van der Waals surface area contributed by atoms with Crippen molar-refractivity contribution in [2.75, 3.05) is 0 Å². The Morgan fingerprint density at radius 2 is 0.733 bits per heavy atom. The van der Waals surface area contributed by atoms with Crippen LogP contribution in [-0.2, 0) is 0 Å². The standard InChI is InChI=1S/C53H27N7/c54-28-33-9-13-37(14-10-33)39-17-19-50-46(24-39)43-5-1-3-7-48(43)59(50)52-27-45(41-22-35(30-56)21-36(23-41)31-57)53(26-42(52)32-58)60-49-8-4-2-6-44(49)47-25-40(18-20-51(47)60)38-15-11-34(29-55)12-16-38/h1-27H. The van der Waals surface area contributed by atoms with Crippen LogP contribution in [0.4, 0.5) is 0 Å². The third kappa shape index (κ3) is 5.63. The third-order valence-electron chi connectivity index (χ3n) is 11.3. The highest BCUT2D eigenvalue weighted by atomic mass is 15.0. The minimum Gasteiger partial charge on any atom is -0.309 e. The Balaban J connectivity index is 1.26. The fourth-order valence-electron chi connectivity index (χ4n) is 8.48. The average molecular weight is 762 g/mol. The van der Waals surface area contributed by atoms with Crippen LogP contribution in [0, 0.1) is 56.7 Å². The van der Waals surface area contributed by atoms with E-state index in [-0.39, 0.29) is 0 Å². The van der Waals surface area contributed by atoms with Gasteiger partial charge in [0.2, 0.25) is 0 Å². The topological polar surface area (TPSA) is 129 Å². The summed E-state index contributed by atoms with van der Waals surface area (Å²) in [5, 5.41) is 54.1. The van der Waals surface area contributed by atoms with Crippen molar-refractivity contribution in [1.29, 1.82) is 26.3 Å². The SMILES string of the molecule is N#Cc1ccc(-c2ccc3c(c2)c2ccccc2n3-c2cc(-c3cc(C#N)cc(C#N)c3)c(-n3c4ccccc4c4cc(-c5ccc(C#N)cc5)ccc43)cc2C#N)cc1. The summed E-state index contributed by atoms with van der Waals surface area (Å²) in [6, 6.07) is 64.4. The Bertz CT molecular complexity index is 3610. The lowest BCUT2D eigenvalue weighted by Crippen LogP contribution is -2.04. The fraction of sp³-hybridized carbons (Fsp3) is 0. The molecule has 0 radical (unpaired) electrons. The van der Waals surface area contributed by atoms with Gasteiger partial charge in [-0.15, -0.1) is 0 Å². The number of fused-ring (bicyclic) bond motifs is 6. The van der Waals surface area contributed by atoms with Crippen molar-refractivity contribution in [3.63, 3.8) is 0 Å². The summed E-state index contributed by atoms with van der Waals surface area (Å²) in [6.07, 6.45) is 0. The van der Waals surface area contributed by atoms with E-state index >= 15 is 0 Å². The number of hydrogen-bond acceptors (Lipinski definition) is 5. The number of benzene rings is 8. The zero-order valence-corrected chi connectivity index (χ0v) is 31.7. The van der Waals surface area contributed by atoms with Crippen molar-refractivity contribution in [2.24, 2.45) is 0 Å². The van der Waals surface area contributed by atoms with Gasteiger partial charge in [-0.1, -0.05) is 72.8 Å². The minimum atomic E-state index is 0.349. The van der Waals surface area contributed by atoms with Gasteiger partial charge in [-0.05, 0) is 119 Å². The molecule has 0 aliphatic rings. The first-order chi connectivity index (χ1) is 29.5. The first-order valence-electron chi connectivity index (χ1n) is 19.1. The summed E-state index contributed by atoms with van der Waals surface area (Å²) in [4.78, 5) is 0. The van der Waals surface area contributed by atoms with Crippen LogP contribution >= 0.6 is 0 Å². The summed E-state index contributed by atoms with van der Waals surface area (Å²) in [5.74, 6) is 0. The molecule has 0 saturated carbocycles. The quantitative estimate of drug-likeness (QED) is 0.172. The molecular formula is C53H27N7. The summed E-state index contributed by atoms with van der Waals surface area (Å²) in [6.45, 7) is 0. The van der Waals surface area contributed by atoms with Crippen LogP contribution in [0.15, 0.2) is 164 Å². The number of nitriles is 5. The molecule has 10 rings (SSSR count). The average Bonchev–Trinajstić information content (AvgIpc) is 3.83. The van der Waals surface area contributed by atoms with E-state index in [2.05, 4.69) is 94.1 Å². The Hall–Kier alpha value is -9.19. The second-order valence-electron chi connectivity index (χ2n) is 14.6. The molecule has 0 unspecified atom stereocenters. The molecule has 0 bridgehead atoms. The largest absolute Gasteiger partial charge is 0.309 e. The van der Waals surface area contributed by atoms with Gasteiger partial charge in [0.25, 0.3) is 0 Å². The number of aromatic nitrogens is 2. The molecule has 2 heterocycles. The molecule has 274 valence electrons. The van der Waals surface area contributed by atoms with Gasteiger partial charge in [0.05, 0.1) is 85.5 Å². The Morgan fingerprint density at radius 1 is 0.300 bits per heavy atom. The van der Waals surface area contributed by atoms with Crippen LogP contribution in [0.3, 0.4) is 0 Å². The molecule has 2 aromatic heterocycles. The fourth-order valence-corrected chi connectivity index (χ4v) is 8.48. The smallest absolute Gasteiger partial charge is 0.101 e. The number of rotatable bonds is 5. The molecule has 10 aromatic rings. The molecular weight excluding hydrogens is 735 g/mol. The lowest BCUT2D eigenvalue weighted by molar-refractivity contribution is 1.14. The second kappa shape index (κ2) is 14.1. The highest BCUT2D eigenvalue weighted by molar-refractivity contribution is 6.12. The van der Waals surface area contributed by atoms with Gasteiger partial charge in [-0.25, -0.2) is 0 Å². The highest BCUT2D eigenvalue weighted by Crippen LogP contribution is 2.42. The van der Waals surface area contributed by atoms with E-state index in [9.17, 15) is 26.3 Å². The molecule has 7 nitrogen and oxygen atoms in total. The van der Waals surface area contributed by atoms with Crippen molar-refractivity contribution in [3.05, 3.63) is 192 Å². The number of hydrogen-bond donors (Lipinski definition) is 0. The van der Waals surface area contributed by atoms with E-state index < -0.39 is 0 Å². The van der Waals surface area contributed by atoms with Gasteiger partial charge in [0, 0.05) is 27.1 Å². The lowest BCUT2D eigenvalue weighted by Gasteiger charge is -2.19. The molecule has 60 heavy (non-hydrogen) atoms. The van der Waals surface area contributed by atoms with Crippen molar-refractivity contribution in [2.45, 2.75) is 0 Å². The zero-order valence-electron chi connectivity index (χ0n) is 31.7. The van der Waals surface area contributed by atoms with E-state index in [4.69, 9.17) is 0 Å². The predicted octanol–water partition coefficient (Wildman–Crippen LogP) is 12.2. The van der Waals surface area contributed by atoms with Crippen LogP contribution in [0.2, 0.25) is 0 Å². The number of para-hydroxylation sites is 2. The van der Waals surface area contributed by atoms with E-state index in [1.807, 2.05) is 91.0 Å². The van der Waals surface area contributed by atoms with Gasteiger partial charge < -0.3 is 9.13 Å². The molecule has 0 fully saturated rings. The lowest BCUT2D eigenvalue weighted by atomic mass is 9.96. The molecule has 0 atom stereocenters. The summed E-state index contributed by atoms with van der Waals surface area (Å²) < 4.78 is 4.28. The molecule has 0 amide bonds. The minimum absolute atomic E-state index is 0.349. The predicted molar refractivity (Wildman–Crippen MR) is 235 cm³/mol. The summed E-state index contributed by atoms with van der Waals surface area (Å²) in [7, 11) is 0. The monoisotopic (exact) mass is 761 g/mol. The molecule has 0 saturated heterocycles. The van der Waals surface area contributed by atoms with Crippen molar-refractivity contribution in [1.82, 2.24) is 9.13 Å². The van der Waals surface area contributed by atoms with E-state index in [1.165, 1.54) is 0 Å². The maximum absolute atomic E-state index is 11.1. The van der Waals surface area contributed by atoms with Crippen molar-refractivity contribution in [3.8, 4) is 75.1 Å². The number of nitrogens with zero attached hydrogens (tertiary/aromatic N) is 7. The molecule has 0 aliphatic carbocycles. The van der Waals surface area contributed by atoms with E-state index in [0.717, 1.165) is 77.1 Å². The van der Waals surface area contributed by atoms with Gasteiger partial charge in [0.15, 0.2) is 0 Å². The Kier molecular flexibility index (Phi) is 8.27. The second-order valence-corrected chi connectivity index (χ2v) is 14.6. The van der Waals surface area contributed by atoms with E-state index in [1.54, 1.807) is 18.2 Å². The maximum atomic E-state index is 11.1. The summed E-state index contributed by atoms with van der Waals surface area (Å²) in [5.41, 5.74) is 12.7. The zero-order chi connectivity index (χ0) is 40.9. The van der Waals surface area contributed by atoms with Crippen LogP contribution in [0.1, 0.15) is 27.8 Å². The molecule has 8 aromatic carbocycles. The van der Waals surface area contributed by atoms with Gasteiger partial charge >= 0.3 is 0 Å². The third-order valence-corrected chi connectivity index (χ3v) is 11.3. The maximum Gasteiger partial charge on any atom is 0.101 e. The highest BCUT2D eigenvalue weighted by Gasteiger charge is 2.23.